The normalized spacial score (nSPS) is 9.78. The van der Waals surface area contributed by atoms with Crippen molar-refractivity contribution >= 4 is 47.0 Å². The second-order valence-corrected chi connectivity index (χ2v) is 6.41. The van der Waals surface area contributed by atoms with Crippen LogP contribution in [0.5, 0.6) is 0 Å². The van der Waals surface area contributed by atoms with Gasteiger partial charge in [-0.05, 0) is 21.6 Å². The maximum atomic E-state index is 4.57. The van der Waals surface area contributed by atoms with Gasteiger partial charge in [-0.2, -0.15) is 0 Å². The molecule has 0 aliphatic heterocycles. The van der Waals surface area contributed by atoms with Crippen LogP contribution >= 0.6 is 47.0 Å². The van der Waals surface area contributed by atoms with Gasteiger partial charge in [0.2, 0.25) is 0 Å². The SMILES string of the molecule is C=CSc1nc(SC=C)c(SC=C)nc1SC=C. The predicted octanol–water partition coefficient (Wildman–Crippen LogP) is 5.42. The number of rotatable bonds is 8. The van der Waals surface area contributed by atoms with E-state index in [-0.39, 0.29) is 0 Å². The lowest BCUT2D eigenvalue weighted by atomic mass is 10.7. The smallest absolute Gasteiger partial charge is 0.134 e. The van der Waals surface area contributed by atoms with Crippen LogP contribution in [0.3, 0.4) is 0 Å². The monoisotopic (exact) mass is 312 g/mol. The minimum atomic E-state index is 0.827. The van der Waals surface area contributed by atoms with E-state index in [4.69, 9.17) is 0 Å². The van der Waals surface area contributed by atoms with Crippen LogP contribution in [0.2, 0.25) is 0 Å². The van der Waals surface area contributed by atoms with Crippen LogP contribution in [0.15, 0.2) is 68.1 Å². The fourth-order valence-electron chi connectivity index (χ4n) is 0.999. The first-order valence-electron chi connectivity index (χ1n) is 4.79. The summed E-state index contributed by atoms with van der Waals surface area (Å²) in [5, 5.41) is 10.2. The van der Waals surface area contributed by atoms with Crippen LogP contribution in [-0.2, 0) is 0 Å². The van der Waals surface area contributed by atoms with Crippen LogP contribution < -0.4 is 0 Å². The molecule has 94 valence electrons. The van der Waals surface area contributed by atoms with Gasteiger partial charge in [-0.1, -0.05) is 73.4 Å². The van der Waals surface area contributed by atoms with Crippen LogP contribution in [0, 0.1) is 0 Å². The third kappa shape index (κ3) is 4.28. The van der Waals surface area contributed by atoms with E-state index in [0.29, 0.717) is 0 Å². The van der Waals surface area contributed by atoms with Crippen LogP contribution in [0.25, 0.3) is 0 Å². The standard InChI is InChI=1S/C12H12N2S4/c1-5-15-9-10(16-6-2)14-12(18-8-4)11(13-9)17-7-3/h5-8H,1-4H2. The number of thioether (sulfide) groups is 4. The summed E-state index contributed by atoms with van der Waals surface area (Å²) in [6, 6.07) is 0. The Balaban J connectivity index is 3.27. The molecule has 0 unspecified atom stereocenters. The lowest BCUT2D eigenvalue weighted by Gasteiger charge is -2.09. The van der Waals surface area contributed by atoms with Gasteiger partial charge < -0.3 is 0 Å². The van der Waals surface area contributed by atoms with Crippen molar-refractivity contribution in [3.05, 3.63) is 47.9 Å². The maximum absolute atomic E-state index is 4.57. The minimum absolute atomic E-state index is 0.827. The lowest BCUT2D eigenvalue weighted by molar-refractivity contribution is 0.771. The molecule has 18 heavy (non-hydrogen) atoms. The molecule has 0 saturated carbocycles. The van der Waals surface area contributed by atoms with E-state index in [1.54, 1.807) is 21.6 Å². The van der Waals surface area contributed by atoms with Crippen molar-refractivity contribution < 1.29 is 0 Å². The van der Waals surface area contributed by atoms with Gasteiger partial charge >= 0.3 is 0 Å². The molecule has 1 aromatic rings. The van der Waals surface area contributed by atoms with Crippen molar-refractivity contribution in [2.24, 2.45) is 0 Å². The molecule has 0 aliphatic rings. The first-order chi connectivity index (χ1) is 8.76. The van der Waals surface area contributed by atoms with E-state index in [1.807, 2.05) is 0 Å². The molecule has 0 amide bonds. The van der Waals surface area contributed by atoms with Crippen LogP contribution in [0.1, 0.15) is 0 Å². The maximum Gasteiger partial charge on any atom is 0.134 e. The Morgan fingerprint density at radius 2 is 0.778 bits per heavy atom. The molecule has 0 bridgehead atoms. The number of aromatic nitrogens is 2. The molecular weight excluding hydrogens is 300 g/mol. The molecule has 0 fully saturated rings. The third-order valence-electron chi connectivity index (χ3n) is 1.55. The molecule has 0 atom stereocenters. The summed E-state index contributed by atoms with van der Waals surface area (Å²) in [7, 11) is 0. The highest BCUT2D eigenvalue weighted by molar-refractivity contribution is 8.05. The summed E-state index contributed by atoms with van der Waals surface area (Å²) < 4.78 is 0. The van der Waals surface area contributed by atoms with E-state index < -0.39 is 0 Å². The van der Waals surface area contributed by atoms with Gasteiger partial charge in [0.25, 0.3) is 0 Å². The molecule has 0 spiro atoms. The van der Waals surface area contributed by atoms with E-state index >= 15 is 0 Å². The second-order valence-electron chi connectivity index (χ2n) is 2.58. The predicted molar refractivity (Wildman–Crippen MR) is 86.2 cm³/mol. The Morgan fingerprint density at radius 3 is 0.944 bits per heavy atom. The zero-order valence-electron chi connectivity index (χ0n) is 9.67. The van der Waals surface area contributed by atoms with Crippen LogP contribution in [-0.4, -0.2) is 9.97 Å². The molecular formula is C12H12N2S4. The molecule has 1 rings (SSSR count). The topological polar surface area (TPSA) is 25.8 Å². The molecule has 1 aromatic heterocycles. The van der Waals surface area contributed by atoms with Gasteiger partial charge in [-0.15, -0.1) is 0 Å². The summed E-state index contributed by atoms with van der Waals surface area (Å²) >= 11 is 5.79. The molecule has 0 N–H and O–H groups in total. The van der Waals surface area contributed by atoms with Gasteiger partial charge in [0.15, 0.2) is 0 Å². The van der Waals surface area contributed by atoms with E-state index in [0.717, 1.165) is 20.1 Å². The molecule has 6 heteroatoms. The summed E-state index contributed by atoms with van der Waals surface area (Å²) in [5.41, 5.74) is 0. The molecule has 0 saturated heterocycles. The average Bonchev–Trinajstić information content (AvgIpc) is 2.35. The summed E-state index contributed by atoms with van der Waals surface area (Å²) in [6.45, 7) is 14.8. The largest absolute Gasteiger partial charge is 0.229 e. The Morgan fingerprint density at radius 1 is 0.556 bits per heavy atom. The Hall–Kier alpha value is -0.560. The van der Waals surface area contributed by atoms with Gasteiger partial charge in [0.05, 0.1) is 0 Å². The van der Waals surface area contributed by atoms with Gasteiger partial charge in [0, 0.05) is 0 Å². The highest BCUT2D eigenvalue weighted by Crippen LogP contribution is 2.36. The second kappa shape index (κ2) is 8.53. The number of nitrogens with zero attached hydrogens (tertiary/aromatic N) is 2. The van der Waals surface area contributed by atoms with Crippen molar-refractivity contribution in [2.45, 2.75) is 20.1 Å². The first kappa shape index (κ1) is 15.5. The Labute approximate surface area is 125 Å². The fraction of sp³-hybridized carbons (Fsp3) is 0. The Bertz CT molecular complexity index is 389. The molecule has 1 heterocycles. The lowest BCUT2D eigenvalue weighted by Crippen LogP contribution is -1.94. The van der Waals surface area contributed by atoms with Crippen molar-refractivity contribution in [2.75, 3.05) is 0 Å². The quantitative estimate of drug-likeness (QED) is 0.595. The molecule has 0 aliphatic carbocycles. The van der Waals surface area contributed by atoms with Crippen molar-refractivity contribution in [3.8, 4) is 0 Å². The minimum Gasteiger partial charge on any atom is -0.229 e. The Kier molecular flexibility index (Phi) is 7.34. The first-order valence-corrected chi connectivity index (χ1v) is 8.31. The molecule has 0 aromatic carbocycles. The fourth-order valence-corrected chi connectivity index (χ4v) is 3.48. The number of hydrogen-bond acceptors (Lipinski definition) is 6. The van der Waals surface area contributed by atoms with E-state index in [2.05, 4.69) is 36.3 Å². The zero-order valence-corrected chi connectivity index (χ0v) is 12.9. The third-order valence-corrected chi connectivity index (χ3v) is 4.51. The van der Waals surface area contributed by atoms with Crippen molar-refractivity contribution in [1.29, 1.82) is 0 Å². The zero-order chi connectivity index (χ0) is 13.4. The highest BCUT2D eigenvalue weighted by atomic mass is 32.2. The summed E-state index contributed by atoms with van der Waals surface area (Å²) in [5.74, 6) is 0. The summed E-state index contributed by atoms with van der Waals surface area (Å²) in [4.78, 5) is 9.15. The van der Waals surface area contributed by atoms with Gasteiger partial charge in [0.1, 0.15) is 20.1 Å². The highest BCUT2D eigenvalue weighted by Gasteiger charge is 2.13. The van der Waals surface area contributed by atoms with Gasteiger partial charge in [-0.3, -0.25) is 0 Å². The molecule has 0 radical (unpaired) electrons. The van der Waals surface area contributed by atoms with E-state index in [9.17, 15) is 0 Å². The number of hydrogen-bond donors (Lipinski definition) is 0. The average molecular weight is 313 g/mol. The van der Waals surface area contributed by atoms with E-state index in [1.165, 1.54) is 47.0 Å². The van der Waals surface area contributed by atoms with Crippen LogP contribution in [0.4, 0.5) is 0 Å². The van der Waals surface area contributed by atoms with Gasteiger partial charge in [-0.25, -0.2) is 9.97 Å². The van der Waals surface area contributed by atoms with Crippen molar-refractivity contribution in [1.82, 2.24) is 9.97 Å². The molecule has 2 nitrogen and oxygen atoms in total. The summed E-state index contributed by atoms with van der Waals surface area (Å²) in [6.07, 6.45) is 0. The van der Waals surface area contributed by atoms with Crippen molar-refractivity contribution in [3.63, 3.8) is 0 Å².